The molecule has 0 saturated carbocycles. The Morgan fingerprint density at radius 3 is 2.51 bits per heavy atom. The van der Waals surface area contributed by atoms with E-state index >= 15 is 0 Å². The number of nitro groups is 1. The SMILES string of the molecule is CC1CN(c2ccc([N+](=O)[O-])cc2)CCN1c1ccc(OC[C@@H]2CO[C@@](Cn3cncn3)(c3ccc(Cl)cc3Cl)O2)cc1. The topological polar surface area (TPSA) is 108 Å². The Morgan fingerprint density at radius 2 is 1.84 bits per heavy atom. The van der Waals surface area contributed by atoms with Crippen LogP contribution in [0.5, 0.6) is 5.75 Å². The molecule has 2 aliphatic heterocycles. The average Bonchev–Trinajstić information content (AvgIpc) is 3.67. The highest BCUT2D eigenvalue weighted by Gasteiger charge is 2.45. The molecule has 2 fully saturated rings. The van der Waals surface area contributed by atoms with Gasteiger partial charge in [0.2, 0.25) is 5.79 Å². The van der Waals surface area contributed by atoms with Gasteiger partial charge in [0, 0.05) is 59.8 Å². The summed E-state index contributed by atoms with van der Waals surface area (Å²) in [6.45, 7) is 5.48. The minimum atomic E-state index is -1.17. The zero-order valence-corrected chi connectivity index (χ0v) is 24.9. The zero-order chi connectivity index (χ0) is 30.0. The summed E-state index contributed by atoms with van der Waals surface area (Å²) in [6.07, 6.45) is 2.71. The van der Waals surface area contributed by atoms with Gasteiger partial charge in [0.25, 0.3) is 5.69 Å². The quantitative estimate of drug-likeness (QED) is 0.175. The van der Waals surface area contributed by atoms with Crippen molar-refractivity contribution < 1.29 is 19.1 Å². The van der Waals surface area contributed by atoms with Crippen LogP contribution in [0.4, 0.5) is 17.1 Å². The lowest BCUT2D eigenvalue weighted by Crippen LogP contribution is -2.52. The van der Waals surface area contributed by atoms with E-state index in [0.29, 0.717) is 22.2 Å². The highest BCUT2D eigenvalue weighted by atomic mass is 35.5. The lowest BCUT2D eigenvalue weighted by atomic mass is 10.1. The first-order valence-corrected chi connectivity index (χ1v) is 14.6. The second kappa shape index (κ2) is 12.4. The minimum Gasteiger partial charge on any atom is -0.491 e. The molecule has 2 saturated heterocycles. The van der Waals surface area contributed by atoms with Crippen molar-refractivity contribution in [2.75, 3.05) is 42.6 Å². The third kappa shape index (κ3) is 6.40. The van der Waals surface area contributed by atoms with Crippen LogP contribution >= 0.6 is 23.2 Å². The molecule has 0 amide bonds. The summed E-state index contributed by atoms with van der Waals surface area (Å²) >= 11 is 12.7. The van der Waals surface area contributed by atoms with Gasteiger partial charge in [-0.2, -0.15) is 5.10 Å². The van der Waals surface area contributed by atoms with Crippen molar-refractivity contribution in [3.63, 3.8) is 0 Å². The molecule has 1 aromatic heterocycles. The molecule has 11 nitrogen and oxygen atoms in total. The third-order valence-electron chi connectivity index (χ3n) is 7.70. The van der Waals surface area contributed by atoms with Crippen molar-refractivity contribution in [3.8, 4) is 5.75 Å². The molecule has 0 aliphatic carbocycles. The Labute approximate surface area is 258 Å². The highest BCUT2D eigenvalue weighted by molar-refractivity contribution is 6.35. The molecular weight excluding hydrogens is 595 g/mol. The summed E-state index contributed by atoms with van der Waals surface area (Å²) in [5.74, 6) is -0.442. The van der Waals surface area contributed by atoms with Crippen LogP contribution in [0, 0.1) is 10.1 Å². The maximum absolute atomic E-state index is 11.0. The molecule has 0 radical (unpaired) electrons. The predicted octanol–water partition coefficient (Wildman–Crippen LogP) is 5.56. The van der Waals surface area contributed by atoms with Gasteiger partial charge >= 0.3 is 0 Å². The number of anilines is 2. The molecule has 224 valence electrons. The Hall–Kier alpha value is -3.90. The summed E-state index contributed by atoms with van der Waals surface area (Å²) in [5, 5.41) is 16.1. The third-order valence-corrected chi connectivity index (χ3v) is 8.24. The van der Waals surface area contributed by atoms with Crippen LogP contribution in [-0.2, 0) is 21.8 Å². The maximum Gasteiger partial charge on any atom is 0.269 e. The first kappa shape index (κ1) is 29.2. The molecule has 13 heteroatoms. The molecule has 0 spiro atoms. The summed E-state index contributed by atoms with van der Waals surface area (Å²) in [5.41, 5.74) is 2.85. The van der Waals surface area contributed by atoms with Gasteiger partial charge in [0.05, 0.1) is 16.6 Å². The fourth-order valence-corrected chi connectivity index (χ4v) is 6.12. The lowest BCUT2D eigenvalue weighted by Gasteiger charge is -2.42. The second-order valence-electron chi connectivity index (χ2n) is 10.6. The molecule has 3 heterocycles. The molecule has 0 bridgehead atoms. The summed E-state index contributed by atoms with van der Waals surface area (Å²) < 4.78 is 20.4. The first-order valence-electron chi connectivity index (χ1n) is 13.9. The summed E-state index contributed by atoms with van der Waals surface area (Å²) in [7, 11) is 0. The number of hydrogen-bond donors (Lipinski definition) is 0. The largest absolute Gasteiger partial charge is 0.491 e. The highest BCUT2D eigenvalue weighted by Crippen LogP contribution is 2.40. The van der Waals surface area contributed by atoms with Gasteiger partial charge in [-0.05, 0) is 55.5 Å². The number of non-ortho nitro benzene ring substituents is 1. The van der Waals surface area contributed by atoms with Crippen molar-refractivity contribution in [2.45, 2.75) is 31.4 Å². The van der Waals surface area contributed by atoms with E-state index in [2.05, 4.69) is 38.9 Å². The molecule has 0 N–H and O–H groups in total. The number of nitrogens with zero attached hydrogens (tertiary/aromatic N) is 6. The van der Waals surface area contributed by atoms with Gasteiger partial charge < -0.3 is 24.0 Å². The number of benzene rings is 3. The van der Waals surface area contributed by atoms with Crippen LogP contribution in [0.1, 0.15) is 12.5 Å². The fraction of sp³-hybridized carbons (Fsp3) is 0.333. The molecule has 3 aromatic carbocycles. The van der Waals surface area contributed by atoms with E-state index in [0.717, 1.165) is 36.8 Å². The number of hydrogen-bond acceptors (Lipinski definition) is 9. The van der Waals surface area contributed by atoms with Gasteiger partial charge in [-0.1, -0.05) is 29.3 Å². The van der Waals surface area contributed by atoms with Crippen LogP contribution in [0.25, 0.3) is 0 Å². The van der Waals surface area contributed by atoms with Crippen LogP contribution in [0.2, 0.25) is 10.0 Å². The molecule has 3 atom stereocenters. The zero-order valence-electron chi connectivity index (χ0n) is 23.4. The Balaban J connectivity index is 1.06. The van der Waals surface area contributed by atoms with Crippen LogP contribution in [0.3, 0.4) is 0 Å². The molecule has 43 heavy (non-hydrogen) atoms. The average molecular weight is 626 g/mol. The molecule has 4 aromatic rings. The van der Waals surface area contributed by atoms with Gasteiger partial charge in [0.15, 0.2) is 0 Å². The molecule has 2 aliphatic rings. The van der Waals surface area contributed by atoms with Crippen LogP contribution < -0.4 is 14.5 Å². The number of rotatable bonds is 9. The maximum atomic E-state index is 11.0. The monoisotopic (exact) mass is 624 g/mol. The Morgan fingerprint density at radius 1 is 1.07 bits per heavy atom. The number of nitro benzene ring substituents is 1. The van der Waals surface area contributed by atoms with E-state index in [1.807, 2.05) is 24.3 Å². The first-order chi connectivity index (χ1) is 20.8. The number of halogens is 2. The van der Waals surface area contributed by atoms with Crippen molar-refractivity contribution >= 4 is 40.3 Å². The van der Waals surface area contributed by atoms with E-state index < -0.39 is 5.79 Å². The second-order valence-corrected chi connectivity index (χ2v) is 11.4. The van der Waals surface area contributed by atoms with E-state index in [1.165, 1.54) is 6.33 Å². The Kier molecular flexibility index (Phi) is 8.40. The van der Waals surface area contributed by atoms with Crippen molar-refractivity contribution in [1.82, 2.24) is 14.8 Å². The fourth-order valence-electron chi connectivity index (χ4n) is 5.57. The standard InChI is InChI=1S/C30H30Cl2N6O5/c1-21-15-35(23-3-5-25(6-4-23)38(39)40)12-13-37(21)24-7-9-26(10-8-24)41-16-27-17-42-30(43-27,18-36-20-33-19-34-36)28-11-2-22(31)14-29(28)32/h2-11,14,19-21,27H,12-13,15-18H2,1H3/t21?,27-,30-/m1/s1. The predicted molar refractivity (Wildman–Crippen MR) is 163 cm³/mol. The van der Waals surface area contributed by atoms with E-state index in [1.54, 1.807) is 41.3 Å². The van der Waals surface area contributed by atoms with Gasteiger partial charge in [0.1, 0.15) is 37.7 Å². The van der Waals surface area contributed by atoms with E-state index in [4.69, 9.17) is 37.4 Å². The Bertz CT molecular complexity index is 1560. The van der Waals surface area contributed by atoms with Crippen LogP contribution in [-0.4, -0.2) is 64.7 Å². The van der Waals surface area contributed by atoms with Gasteiger partial charge in [-0.3, -0.25) is 10.1 Å². The van der Waals surface area contributed by atoms with Crippen molar-refractivity contribution in [1.29, 1.82) is 0 Å². The molecular formula is C30H30Cl2N6O5. The lowest BCUT2D eigenvalue weighted by molar-refractivity contribution is -0.384. The van der Waals surface area contributed by atoms with Gasteiger partial charge in [-0.15, -0.1) is 0 Å². The number of piperazine rings is 1. The number of aromatic nitrogens is 3. The van der Waals surface area contributed by atoms with Crippen LogP contribution in [0.15, 0.2) is 79.4 Å². The summed E-state index contributed by atoms with van der Waals surface area (Å²) in [4.78, 5) is 19.2. The van der Waals surface area contributed by atoms with Crippen molar-refractivity contribution in [3.05, 3.63) is 105 Å². The molecule has 1 unspecified atom stereocenters. The summed E-state index contributed by atoms with van der Waals surface area (Å²) in [6, 6.07) is 20.2. The normalized spacial score (nSPS) is 22.1. The van der Waals surface area contributed by atoms with E-state index in [9.17, 15) is 10.1 Å². The minimum absolute atomic E-state index is 0.0989. The smallest absolute Gasteiger partial charge is 0.269 e. The molecule has 6 rings (SSSR count). The number of ether oxygens (including phenoxy) is 3. The van der Waals surface area contributed by atoms with Gasteiger partial charge in [-0.25, -0.2) is 9.67 Å². The van der Waals surface area contributed by atoms with E-state index in [-0.39, 0.29) is 35.9 Å². The van der Waals surface area contributed by atoms with Crippen molar-refractivity contribution in [2.24, 2.45) is 0 Å².